The van der Waals surface area contributed by atoms with E-state index in [0.717, 1.165) is 63.2 Å². The summed E-state index contributed by atoms with van der Waals surface area (Å²) in [6.07, 6.45) is 13.0. The van der Waals surface area contributed by atoms with Crippen LogP contribution in [-0.2, 0) is 38.1 Å². The van der Waals surface area contributed by atoms with Crippen LogP contribution in [0.25, 0.3) is 0 Å². The molecular formula is C31H54N2O9. The van der Waals surface area contributed by atoms with E-state index in [4.69, 9.17) is 23.7 Å². The molecule has 0 heterocycles. The quantitative estimate of drug-likeness (QED) is 0.118. The van der Waals surface area contributed by atoms with Gasteiger partial charge in [0.2, 0.25) is 5.91 Å². The SMILES string of the molecule is COCCCCC(=O)OCCOCCOC(=O)CCCCOC(=O)NC1CCC(CC2CCC(NC(C)=O)CC2)CC1. The molecule has 0 radical (unpaired) electrons. The fourth-order valence-corrected chi connectivity index (χ4v) is 5.78. The zero-order valence-electron chi connectivity index (χ0n) is 25.8. The minimum Gasteiger partial charge on any atom is -0.463 e. The predicted octanol–water partition coefficient (Wildman–Crippen LogP) is 4.45. The van der Waals surface area contributed by atoms with Crippen LogP contribution in [-0.4, -0.2) is 82.8 Å². The zero-order valence-corrected chi connectivity index (χ0v) is 25.8. The van der Waals surface area contributed by atoms with Gasteiger partial charge in [0.1, 0.15) is 13.2 Å². The summed E-state index contributed by atoms with van der Waals surface area (Å²) in [7, 11) is 1.63. The van der Waals surface area contributed by atoms with Crippen LogP contribution in [0.1, 0.15) is 103 Å². The van der Waals surface area contributed by atoms with Gasteiger partial charge in [-0.2, -0.15) is 0 Å². The molecule has 0 bridgehead atoms. The van der Waals surface area contributed by atoms with E-state index in [-0.39, 0.29) is 69.4 Å². The Morgan fingerprint density at radius 2 is 1.10 bits per heavy atom. The molecular weight excluding hydrogens is 544 g/mol. The number of hydrogen-bond donors (Lipinski definition) is 2. The summed E-state index contributed by atoms with van der Waals surface area (Å²) in [4.78, 5) is 46.8. The summed E-state index contributed by atoms with van der Waals surface area (Å²) < 4.78 is 25.7. The number of amides is 2. The van der Waals surface area contributed by atoms with Gasteiger partial charge in [-0.05, 0) is 95.3 Å². The van der Waals surface area contributed by atoms with Gasteiger partial charge < -0.3 is 34.3 Å². The molecule has 11 heteroatoms. The topological polar surface area (TPSA) is 138 Å². The zero-order chi connectivity index (χ0) is 30.4. The first kappa shape index (κ1) is 35.8. The van der Waals surface area contributed by atoms with Gasteiger partial charge >= 0.3 is 18.0 Å². The molecule has 0 aromatic carbocycles. The van der Waals surface area contributed by atoms with Crippen LogP contribution in [0.3, 0.4) is 0 Å². The predicted molar refractivity (Wildman–Crippen MR) is 157 cm³/mol. The second-order valence-corrected chi connectivity index (χ2v) is 11.6. The van der Waals surface area contributed by atoms with Crippen molar-refractivity contribution >= 4 is 23.9 Å². The molecule has 2 saturated carbocycles. The number of alkyl carbamates (subject to hydrolysis) is 1. The minimum atomic E-state index is -0.383. The fraction of sp³-hybridized carbons (Fsp3) is 0.871. The van der Waals surface area contributed by atoms with Crippen LogP contribution < -0.4 is 10.6 Å². The third-order valence-electron chi connectivity index (χ3n) is 8.06. The van der Waals surface area contributed by atoms with Crippen LogP contribution in [0, 0.1) is 11.8 Å². The van der Waals surface area contributed by atoms with Crippen molar-refractivity contribution < 1.29 is 42.9 Å². The Kier molecular flexibility index (Phi) is 18.9. The molecule has 242 valence electrons. The molecule has 0 atom stereocenters. The summed E-state index contributed by atoms with van der Waals surface area (Å²) in [5.41, 5.74) is 0. The lowest BCUT2D eigenvalue weighted by atomic mass is 9.75. The van der Waals surface area contributed by atoms with Gasteiger partial charge in [-0.25, -0.2) is 4.79 Å². The molecule has 2 N–H and O–H groups in total. The number of hydrogen-bond acceptors (Lipinski definition) is 9. The molecule has 0 unspecified atom stereocenters. The van der Waals surface area contributed by atoms with Gasteiger partial charge in [-0.1, -0.05) is 0 Å². The maximum atomic E-state index is 12.2. The third kappa shape index (κ3) is 17.5. The fourth-order valence-electron chi connectivity index (χ4n) is 5.78. The molecule has 0 aromatic heterocycles. The minimum absolute atomic E-state index is 0.0701. The average Bonchev–Trinajstić information content (AvgIpc) is 2.96. The lowest BCUT2D eigenvalue weighted by Crippen LogP contribution is -2.39. The number of carbonyl (C=O) groups is 4. The summed E-state index contributed by atoms with van der Waals surface area (Å²) in [6, 6.07) is 0.516. The normalized spacial score (nSPS) is 22.1. The van der Waals surface area contributed by atoms with E-state index < -0.39 is 0 Å². The Morgan fingerprint density at radius 1 is 0.595 bits per heavy atom. The number of methoxy groups -OCH3 is 1. The van der Waals surface area contributed by atoms with E-state index >= 15 is 0 Å². The molecule has 2 fully saturated rings. The molecule has 11 nitrogen and oxygen atoms in total. The van der Waals surface area contributed by atoms with E-state index in [2.05, 4.69) is 10.6 Å². The highest BCUT2D eigenvalue weighted by Gasteiger charge is 2.28. The van der Waals surface area contributed by atoms with Crippen molar-refractivity contribution in [3.63, 3.8) is 0 Å². The summed E-state index contributed by atoms with van der Waals surface area (Å²) in [5, 5.41) is 6.05. The number of rotatable bonds is 20. The Morgan fingerprint density at radius 3 is 1.60 bits per heavy atom. The lowest BCUT2D eigenvalue weighted by Gasteiger charge is -2.34. The third-order valence-corrected chi connectivity index (χ3v) is 8.06. The molecule has 0 aromatic rings. The highest BCUT2D eigenvalue weighted by Crippen LogP contribution is 2.35. The van der Waals surface area contributed by atoms with Crippen molar-refractivity contribution in [1.82, 2.24) is 10.6 Å². The first-order chi connectivity index (χ1) is 20.4. The standard InChI is InChI=1S/C31H54N2O9/c1-24(34)32-27-13-9-25(10-14-27)23-26-11-15-28(16-12-26)33-31(37)42-18-6-4-8-30(36)41-22-20-39-19-21-40-29(35)7-3-5-17-38-2/h25-28H,3-23H2,1-2H3,(H,32,34)(H,33,37). The van der Waals surface area contributed by atoms with Crippen molar-refractivity contribution in [2.75, 3.05) is 46.8 Å². The molecule has 2 rings (SSSR count). The smallest absolute Gasteiger partial charge is 0.407 e. The lowest BCUT2D eigenvalue weighted by molar-refractivity contribution is -0.146. The van der Waals surface area contributed by atoms with Crippen LogP contribution in [0.4, 0.5) is 4.79 Å². The number of esters is 2. The van der Waals surface area contributed by atoms with E-state index in [0.29, 0.717) is 31.9 Å². The van der Waals surface area contributed by atoms with Crippen molar-refractivity contribution in [3.8, 4) is 0 Å². The van der Waals surface area contributed by atoms with Gasteiger partial charge in [0, 0.05) is 45.6 Å². The number of nitrogens with one attached hydrogen (secondary N) is 2. The van der Waals surface area contributed by atoms with Crippen LogP contribution in [0.5, 0.6) is 0 Å². The van der Waals surface area contributed by atoms with Crippen molar-refractivity contribution in [1.29, 1.82) is 0 Å². The van der Waals surface area contributed by atoms with Gasteiger partial charge in [0.25, 0.3) is 0 Å². The summed E-state index contributed by atoms with van der Waals surface area (Å²) in [5.74, 6) is 0.975. The number of ether oxygens (including phenoxy) is 5. The van der Waals surface area contributed by atoms with Crippen molar-refractivity contribution in [2.45, 2.75) is 115 Å². The molecule has 0 aliphatic heterocycles. The largest absolute Gasteiger partial charge is 0.463 e. The highest BCUT2D eigenvalue weighted by atomic mass is 16.6. The summed E-state index contributed by atoms with van der Waals surface area (Å²) >= 11 is 0. The molecule has 0 spiro atoms. The summed E-state index contributed by atoms with van der Waals surface area (Å²) in [6.45, 7) is 3.31. The van der Waals surface area contributed by atoms with Gasteiger partial charge in [-0.3, -0.25) is 14.4 Å². The number of carbonyl (C=O) groups excluding carboxylic acids is 4. The van der Waals surface area contributed by atoms with Gasteiger partial charge in [-0.15, -0.1) is 0 Å². The molecule has 42 heavy (non-hydrogen) atoms. The average molecular weight is 599 g/mol. The monoisotopic (exact) mass is 598 g/mol. The first-order valence-corrected chi connectivity index (χ1v) is 15.9. The number of unbranched alkanes of at least 4 members (excludes halogenated alkanes) is 2. The molecule has 2 amide bonds. The Labute approximate surface area is 251 Å². The molecule has 0 saturated heterocycles. The van der Waals surface area contributed by atoms with E-state index in [1.807, 2.05) is 0 Å². The van der Waals surface area contributed by atoms with E-state index in [9.17, 15) is 19.2 Å². The van der Waals surface area contributed by atoms with Crippen LogP contribution in [0.2, 0.25) is 0 Å². The Balaban J connectivity index is 1.37. The second-order valence-electron chi connectivity index (χ2n) is 11.6. The maximum Gasteiger partial charge on any atom is 0.407 e. The molecule has 2 aliphatic carbocycles. The van der Waals surface area contributed by atoms with Crippen LogP contribution >= 0.6 is 0 Å². The Hall–Kier alpha value is -2.40. The second kappa shape index (κ2) is 22.2. The molecule has 2 aliphatic rings. The van der Waals surface area contributed by atoms with Crippen molar-refractivity contribution in [3.05, 3.63) is 0 Å². The first-order valence-electron chi connectivity index (χ1n) is 15.9. The van der Waals surface area contributed by atoms with E-state index in [1.165, 1.54) is 19.3 Å². The Bertz CT molecular complexity index is 778. The highest BCUT2D eigenvalue weighted by molar-refractivity contribution is 5.73. The van der Waals surface area contributed by atoms with Crippen LogP contribution in [0.15, 0.2) is 0 Å². The van der Waals surface area contributed by atoms with Gasteiger partial charge in [0.15, 0.2) is 0 Å². The van der Waals surface area contributed by atoms with Crippen molar-refractivity contribution in [2.24, 2.45) is 11.8 Å². The van der Waals surface area contributed by atoms with E-state index in [1.54, 1.807) is 14.0 Å². The van der Waals surface area contributed by atoms with Gasteiger partial charge in [0.05, 0.1) is 19.8 Å². The maximum absolute atomic E-state index is 12.2.